The summed E-state index contributed by atoms with van der Waals surface area (Å²) in [6.07, 6.45) is 1.03. The van der Waals surface area contributed by atoms with Crippen molar-refractivity contribution in [1.29, 1.82) is 0 Å². The van der Waals surface area contributed by atoms with E-state index in [4.69, 9.17) is 9.47 Å². The topological polar surface area (TPSA) is 54.9 Å². The zero-order chi connectivity index (χ0) is 18.6. The Kier molecular flexibility index (Phi) is 5.71. The number of piperazine rings is 1. The fourth-order valence-corrected chi connectivity index (χ4v) is 4.30. The van der Waals surface area contributed by atoms with E-state index in [1.807, 2.05) is 12.3 Å². The molecule has 0 bridgehead atoms. The minimum Gasteiger partial charge on any atom is -0.493 e. The molecule has 144 valence electrons. The van der Waals surface area contributed by atoms with Gasteiger partial charge in [0.05, 0.1) is 18.9 Å². The van der Waals surface area contributed by atoms with Crippen molar-refractivity contribution >= 4 is 17.3 Å². The highest BCUT2D eigenvalue weighted by Gasteiger charge is 2.20. The Morgan fingerprint density at radius 1 is 1.22 bits per heavy atom. The molecule has 0 atom stereocenters. The van der Waals surface area contributed by atoms with E-state index in [-0.39, 0.29) is 5.97 Å². The molecule has 1 fully saturated rings. The Morgan fingerprint density at radius 2 is 2.00 bits per heavy atom. The molecule has 0 amide bonds. The number of carbonyl (C=O) groups is 1. The highest BCUT2D eigenvalue weighted by Crippen LogP contribution is 2.26. The summed E-state index contributed by atoms with van der Waals surface area (Å²) < 4.78 is 10.6. The third-order valence-electron chi connectivity index (χ3n) is 5.01. The second kappa shape index (κ2) is 8.37. The zero-order valence-electron chi connectivity index (χ0n) is 15.6. The summed E-state index contributed by atoms with van der Waals surface area (Å²) in [6.45, 7) is 8.90. The number of thiazole rings is 1. The van der Waals surface area contributed by atoms with Crippen LogP contribution in [0.15, 0.2) is 23.6 Å². The molecule has 3 heterocycles. The number of hydrogen-bond acceptors (Lipinski definition) is 7. The molecule has 1 aromatic carbocycles. The number of nitrogens with zero attached hydrogens (tertiary/aromatic N) is 3. The number of esters is 1. The van der Waals surface area contributed by atoms with E-state index < -0.39 is 0 Å². The molecule has 2 aliphatic rings. The average molecular weight is 388 g/mol. The van der Waals surface area contributed by atoms with E-state index in [9.17, 15) is 4.79 Å². The lowest BCUT2D eigenvalue weighted by Crippen LogP contribution is -2.45. The van der Waals surface area contributed by atoms with Crippen molar-refractivity contribution < 1.29 is 14.3 Å². The first-order valence-electron chi connectivity index (χ1n) is 9.52. The fraction of sp³-hybridized carbons (Fsp3) is 0.500. The molecule has 2 aromatic rings. The second-order valence-corrected chi connectivity index (χ2v) is 7.82. The normalized spacial score (nSPS) is 17.5. The van der Waals surface area contributed by atoms with Gasteiger partial charge in [-0.15, -0.1) is 11.3 Å². The van der Waals surface area contributed by atoms with Gasteiger partial charge in [0.2, 0.25) is 5.01 Å². The highest BCUT2D eigenvalue weighted by atomic mass is 32.1. The van der Waals surface area contributed by atoms with Gasteiger partial charge in [-0.1, -0.05) is 12.1 Å². The summed E-state index contributed by atoms with van der Waals surface area (Å²) in [7, 11) is 0. The van der Waals surface area contributed by atoms with Crippen LogP contribution in [0.25, 0.3) is 0 Å². The highest BCUT2D eigenvalue weighted by molar-refractivity contribution is 7.11. The maximum absolute atomic E-state index is 11.7. The van der Waals surface area contributed by atoms with Crippen LogP contribution in [0.2, 0.25) is 0 Å². The number of carbonyl (C=O) groups excluding carboxylic acids is 1. The molecule has 0 radical (unpaired) electrons. The predicted octanol–water partition coefficient (Wildman–Crippen LogP) is 2.57. The van der Waals surface area contributed by atoms with Gasteiger partial charge >= 0.3 is 5.97 Å². The van der Waals surface area contributed by atoms with Crippen molar-refractivity contribution in [2.45, 2.75) is 26.4 Å². The first-order chi connectivity index (χ1) is 13.2. The molecule has 0 N–H and O–H groups in total. The summed E-state index contributed by atoms with van der Waals surface area (Å²) in [5, 5.41) is 2.41. The lowest BCUT2D eigenvalue weighted by atomic mass is 10.1. The van der Waals surface area contributed by atoms with Crippen LogP contribution in [0.4, 0.5) is 0 Å². The summed E-state index contributed by atoms with van der Waals surface area (Å²) in [5.74, 6) is 0.729. The summed E-state index contributed by atoms with van der Waals surface area (Å²) in [4.78, 5) is 21.1. The second-order valence-electron chi connectivity index (χ2n) is 6.96. The molecule has 1 aromatic heterocycles. The van der Waals surface area contributed by atoms with Crippen molar-refractivity contribution in [1.82, 2.24) is 14.8 Å². The molecule has 1 saturated heterocycles. The summed E-state index contributed by atoms with van der Waals surface area (Å²) in [6, 6.07) is 6.58. The third-order valence-corrected chi connectivity index (χ3v) is 5.88. The van der Waals surface area contributed by atoms with Crippen molar-refractivity contribution in [2.75, 3.05) is 39.4 Å². The molecule has 0 saturated carbocycles. The van der Waals surface area contributed by atoms with Gasteiger partial charge in [0.15, 0.2) is 0 Å². The van der Waals surface area contributed by atoms with Gasteiger partial charge in [-0.05, 0) is 24.1 Å². The van der Waals surface area contributed by atoms with Crippen LogP contribution in [0, 0.1) is 0 Å². The Morgan fingerprint density at radius 3 is 2.78 bits per heavy atom. The Hall–Kier alpha value is -1.96. The van der Waals surface area contributed by atoms with Gasteiger partial charge in [0.25, 0.3) is 0 Å². The number of benzene rings is 1. The largest absolute Gasteiger partial charge is 0.493 e. The Balaban J connectivity index is 1.26. The van der Waals surface area contributed by atoms with Crippen LogP contribution < -0.4 is 4.74 Å². The quantitative estimate of drug-likeness (QED) is 0.710. The van der Waals surface area contributed by atoms with Crippen LogP contribution in [0.5, 0.6) is 5.75 Å². The SMILES string of the molecule is CCOC(=O)c1nc(CN2CCN(Cc3ccc4c(c3)CCO4)CC2)cs1. The van der Waals surface area contributed by atoms with Gasteiger partial charge in [-0.25, -0.2) is 9.78 Å². The van der Waals surface area contributed by atoms with Crippen LogP contribution in [-0.2, 0) is 24.2 Å². The maximum atomic E-state index is 11.7. The molecule has 0 aliphatic carbocycles. The van der Waals surface area contributed by atoms with Crippen LogP contribution in [0.3, 0.4) is 0 Å². The maximum Gasteiger partial charge on any atom is 0.367 e. The van der Waals surface area contributed by atoms with Crippen LogP contribution in [0.1, 0.15) is 33.5 Å². The molecular weight excluding hydrogens is 362 g/mol. The standard InChI is InChI=1S/C20H25N3O3S/c1-2-25-20(24)19-21-17(14-27-19)13-23-8-6-22(7-9-23)12-15-3-4-18-16(11-15)5-10-26-18/h3-4,11,14H,2,5-10,12-13H2,1H3. The molecule has 0 spiro atoms. The van der Waals surface area contributed by atoms with Gasteiger partial charge in [0.1, 0.15) is 5.75 Å². The number of ether oxygens (including phenoxy) is 2. The van der Waals surface area contributed by atoms with E-state index in [0.29, 0.717) is 11.6 Å². The lowest BCUT2D eigenvalue weighted by Gasteiger charge is -2.34. The zero-order valence-corrected chi connectivity index (χ0v) is 16.5. The molecular formula is C20H25N3O3S. The minimum absolute atomic E-state index is 0.321. The monoisotopic (exact) mass is 387 g/mol. The van der Waals surface area contributed by atoms with Crippen LogP contribution >= 0.6 is 11.3 Å². The van der Waals surface area contributed by atoms with E-state index >= 15 is 0 Å². The van der Waals surface area contributed by atoms with Crippen molar-refractivity contribution in [3.05, 3.63) is 45.4 Å². The lowest BCUT2D eigenvalue weighted by molar-refractivity contribution is 0.0525. The van der Waals surface area contributed by atoms with Gasteiger partial charge in [0, 0.05) is 51.1 Å². The van der Waals surface area contributed by atoms with Crippen LogP contribution in [-0.4, -0.2) is 60.1 Å². The number of fused-ring (bicyclic) bond motifs is 1. The van der Waals surface area contributed by atoms with Crippen molar-refractivity contribution in [3.8, 4) is 5.75 Å². The fourth-order valence-electron chi connectivity index (χ4n) is 3.60. The smallest absolute Gasteiger partial charge is 0.367 e. The number of aromatic nitrogens is 1. The third kappa shape index (κ3) is 4.48. The number of hydrogen-bond donors (Lipinski definition) is 0. The Labute approximate surface area is 163 Å². The molecule has 4 rings (SSSR count). The summed E-state index contributed by atoms with van der Waals surface area (Å²) >= 11 is 1.37. The molecule has 0 unspecified atom stereocenters. The summed E-state index contributed by atoms with van der Waals surface area (Å²) in [5.41, 5.74) is 3.66. The van der Waals surface area contributed by atoms with Gasteiger partial charge in [-0.2, -0.15) is 0 Å². The Bertz CT molecular complexity index is 800. The van der Waals surface area contributed by atoms with Crippen molar-refractivity contribution in [3.63, 3.8) is 0 Å². The molecule has 27 heavy (non-hydrogen) atoms. The van der Waals surface area contributed by atoms with E-state index in [1.54, 1.807) is 0 Å². The van der Waals surface area contributed by atoms with E-state index in [1.165, 1.54) is 22.5 Å². The first kappa shape index (κ1) is 18.4. The first-order valence-corrected chi connectivity index (χ1v) is 10.4. The predicted molar refractivity (Wildman–Crippen MR) is 104 cm³/mol. The van der Waals surface area contributed by atoms with E-state index in [2.05, 4.69) is 33.0 Å². The molecule has 2 aliphatic heterocycles. The van der Waals surface area contributed by atoms with Crippen molar-refractivity contribution in [2.24, 2.45) is 0 Å². The van der Waals surface area contributed by atoms with Gasteiger partial charge < -0.3 is 9.47 Å². The van der Waals surface area contributed by atoms with E-state index in [0.717, 1.165) is 63.7 Å². The minimum atomic E-state index is -0.321. The molecule has 6 nitrogen and oxygen atoms in total. The van der Waals surface area contributed by atoms with Gasteiger partial charge in [-0.3, -0.25) is 9.80 Å². The number of rotatable bonds is 6. The average Bonchev–Trinajstić information content (AvgIpc) is 3.32. The molecule has 7 heteroatoms.